The minimum Gasteiger partial charge on any atom is -0.489 e. The van der Waals surface area contributed by atoms with E-state index in [0.29, 0.717) is 18.0 Å². The second kappa shape index (κ2) is 6.22. The van der Waals surface area contributed by atoms with Gasteiger partial charge in [-0.05, 0) is 18.2 Å². The van der Waals surface area contributed by atoms with Crippen molar-refractivity contribution >= 4 is 22.5 Å². The number of rotatable bonds is 4. The number of nitrogens with one attached hydrogen (secondary N) is 1. The van der Waals surface area contributed by atoms with Crippen molar-refractivity contribution < 1.29 is 9.53 Å². The Balaban J connectivity index is 1.91. The van der Waals surface area contributed by atoms with Gasteiger partial charge in [0.1, 0.15) is 12.4 Å². The molecule has 1 aromatic carbocycles. The molecule has 0 aliphatic carbocycles. The maximum atomic E-state index is 11.4. The van der Waals surface area contributed by atoms with E-state index in [9.17, 15) is 4.79 Å². The Morgan fingerprint density at radius 3 is 2.86 bits per heavy atom. The van der Waals surface area contributed by atoms with Crippen molar-refractivity contribution in [3.63, 3.8) is 0 Å². The molecule has 3 aromatic rings. The first-order valence-electron chi connectivity index (χ1n) is 6.90. The summed E-state index contributed by atoms with van der Waals surface area (Å²) < 4.78 is 5.80. The van der Waals surface area contributed by atoms with Gasteiger partial charge in [0.05, 0.1) is 11.2 Å². The van der Waals surface area contributed by atoms with Crippen LogP contribution in [0.2, 0.25) is 0 Å². The number of fused-ring (bicyclic) bond motifs is 1. The molecule has 5 heteroatoms. The Labute approximate surface area is 128 Å². The third kappa shape index (κ3) is 3.20. The number of benzene rings is 1. The third-order valence-electron chi connectivity index (χ3n) is 3.12. The van der Waals surface area contributed by atoms with Crippen LogP contribution in [0.1, 0.15) is 12.5 Å². The monoisotopic (exact) mass is 293 g/mol. The van der Waals surface area contributed by atoms with Gasteiger partial charge < -0.3 is 10.1 Å². The van der Waals surface area contributed by atoms with Gasteiger partial charge in [-0.1, -0.05) is 12.1 Å². The van der Waals surface area contributed by atoms with E-state index in [4.69, 9.17) is 4.74 Å². The Hall–Kier alpha value is -2.95. The number of aromatic nitrogens is 2. The number of carbonyl (C=O) groups is 1. The first kappa shape index (κ1) is 14.0. The van der Waals surface area contributed by atoms with E-state index in [0.717, 1.165) is 16.5 Å². The number of carbonyl (C=O) groups excluding carboxylic acids is 1. The maximum Gasteiger partial charge on any atom is 0.221 e. The number of hydrogen-bond acceptors (Lipinski definition) is 4. The van der Waals surface area contributed by atoms with Gasteiger partial charge in [0, 0.05) is 42.5 Å². The van der Waals surface area contributed by atoms with Crippen molar-refractivity contribution in [1.29, 1.82) is 0 Å². The maximum absolute atomic E-state index is 11.4. The molecule has 0 unspecified atom stereocenters. The lowest BCUT2D eigenvalue weighted by Crippen LogP contribution is -2.07. The van der Waals surface area contributed by atoms with Crippen LogP contribution in [0.5, 0.6) is 5.75 Å². The highest BCUT2D eigenvalue weighted by Crippen LogP contribution is 2.28. The molecule has 0 aliphatic heterocycles. The van der Waals surface area contributed by atoms with Crippen molar-refractivity contribution in [2.45, 2.75) is 13.5 Å². The lowest BCUT2D eigenvalue weighted by Gasteiger charge is -2.11. The van der Waals surface area contributed by atoms with E-state index in [1.165, 1.54) is 6.92 Å². The minimum atomic E-state index is -0.142. The average Bonchev–Trinajstić information content (AvgIpc) is 2.53. The molecule has 110 valence electrons. The third-order valence-corrected chi connectivity index (χ3v) is 3.12. The Bertz CT molecular complexity index is 803. The van der Waals surface area contributed by atoms with Gasteiger partial charge in [-0.2, -0.15) is 0 Å². The molecule has 2 heterocycles. The van der Waals surface area contributed by atoms with E-state index >= 15 is 0 Å². The van der Waals surface area contributed by atoms with Crippen molar-refractivity contribution in [3.05, 3.63) is 60.6 Å². The fourth-order valence-electron chi connectivity index (χ4n) is 2.18. The van der Waals surface area contributed by atoms with E-state index < -0.39 is 0 Å². The molecular formula is C17H15N3O2. The fraction of sp³-hybridized carbons (Fsp3) is 0.118. The molecular weight excluding hydrogens is 278 g/mol. The summed E-state index contributed by atoms with van der Waals surface area (Å²) in [5, 5.41) is 3.70. The molecule has 0 fully saturated rings. The largest absolute Gasteiger partial charge is 0.489 e. The Morgan fingerprint density at radius 1 is 1.23 bits per heavy atom. The molecule has 0 saturated heterocycles. The first-order chi connectivity index (χ1) is 10.7. The standard InChI is InChI=1S/C17H15N3O2/c1-12(21)20-16-9-15(8-14-5-3-7-19-17(14)16)22-11-13-4-2-6-18-10-13/h2-10H,11H2,1H3,(H,20,21). The summed E-state index contributed by atoms with van der Waals surface area (Å²) in [5.41, 5.74) is 2.37. The molecule has 0 aliphatic rings. The van der Waals surface area contributed by atoms with Gasteiger partial charge in [0.15, 0.2) is 0 Å². The van der Waals surface area contributed by atoms with Crippen LogP contribution in [0.3, 0.4) is 0 Å². The molecule has 1 amide bonds. The second-order valence-corrected chi connectivity index (χ2v) is 4.88. The zero-order chi connectivity index (χ0) is 15.4. The number of anilines is 1. The molecule has 2 aromatic heterocycles. The lowest BCUT2D eigenvalue weighted by atomic mass is 10.1. The van der Waals surface area contributed by atoms with Gasteiger partial charge in [0.2, 0.25) is 5.91 Å². The predicted octanol–water partition coefficient (Wildman–Crippen LogP) is 3.17. The van der Waals surface area contributed by atoms with Crippen LogP contribution in [0.15, 0.2) is 55.0 Å². The highest BCUT2D eigenvalue weighted by molar-refractivity contribution is 6.00. The molecule has 0 bridgehead atoms. The predicted molar refractivity (Wildman–Crippen MR) is 84.6 cm³/mol. The summed E-state index contributed by atoms with van der Waals surface area (Å²) in [6.45, 7) is 1.89. The minimum absolute atomic E-state index is 0.142. The van der Waals surface area contributed by atoms with E-state index in [-0.39, 0.29) is 5.91 Å². The lowest BCUT2D eigenvalue weighted by molar-refractivity contribution is -0.114. The van der Waals surface area contributed by atoms with Crippen molar-refractivity contribution in [1.82, 2.24) is 9.97 Å². The highest BCUT2D eigenvalue weighted by atomic mass is 16.5. The number of hydrogen-bond donors (Lipinski definition) is 1. The molecule has 5 nitrogen and oxygen atoms in total. The van der Waals surface area contributed by atoms with Gasteiger partial charge >= 0.3 is 0 Å². The summed E-state index contributed by atoms with van der Waals surface area (Å²) in [5.74, 6) is 0.532. The summed E-state index contributed by atoms with van der Waals surface area (Å²) in [6, 6.07) is 11.3. The molecule has 0 spiro atoms. The van der Waals surface area contributed by atoms with E-state index in [1.54, 1.807) is 24.7 Å². The number of ether oxygens (including phenoxy) is 1. The zero-order valence-corrected chi connectivity index (χ0v) is 12.1. The summed E-state index contributed by atoms with van der Waals surface area (Å²) >= 11 is 0. The molecule has 22 heavy (non-hydrogen) atoms. The van der Waals surface area contributed by atoms with Crippen LogP contribution >= 0.6 is 0 Å². The van der Waals surface area contributed by atoms with Crippen LogP contribution in [-0.2, 0) is 11.4 Å². The smallest absolute Gasteiger partial charge is 0.221 e. The fourth-order valence-corrected chi connectivity index (χ4v) is 2.18. The molecule has 0 atom stereocenters. The van der Waals surface area contributed by atoms with E-state index in [2.05, 4.69) is 15.3 Å². The SMILES string of the molecule is CC(=O)Nc1cc(OCc2cccnc2)cc2cccnc12. The van der Waals surface area contributed by atoms with Crippen molar-refractivity contribution in [2.24, 2.45) is 0 Å². The molecule has 3 rings (SSSR count). The zero-order valence-electron chi connectivity index (χ0n) is 12.1. The van der Waals surface area contributed by atoms with E-state index in [1.807, 2.05) is 30.3 Å². The van der Waals surface area contributed by atoms with Crippen LogP contribution < -0.4 is 10.1 Å². The summed E-state index contributed by atoms with van der Waals surface area (Å²) in [7, 11) is 0. The van der Waals surface area contributed by atoms with Gasteiger partial charge in [0.25, 0.3) is 0 Å². The van der Waals surface area contributed by atoms with Crippen LogP contribution in [0.25, 0.3) is 10.9 Å². The normalized spacial score (nSPS) is 10.4. The number of nitrogens with zero attached hydrogens (tertiary/aromatic N) is 2. The average molecular weight is 293 g/mol. The highest BCUT2D eigenvalue weighted by Gasteiger charge is 2.07. The van der Waals surface area contributed by atoms with Crippen molar-refractivity contribution in [2.75, 3.05) is 5.32 Å². The number of amides is 1. The Kier molecular flexibility index (Phi) is 3.96. The van der Waals surface area contributed by atoms with Gasteiger partial charge in [-0.3, -0.25) is 14.8 Å². The quantitative estimate of drug-likeness (QED) is 0.802. The summed E-state index contributed by atoms with van der Waals surface area (Å²) in [4.78, 5) is 19.7. The number of pyridine rings is 2. The van der Waals surface area contributed by atoms with Gasteiger partial charge in [-0.15, -0.1) is 0 Å². The summed E-state index contributed by atoms with van der Waals surface area (Å²) in [6.07, 6.45) is 5.18. The van der Waals surface area contributed by atoms with Crippen LogP contribution in [0.4, 0.5) is 5.69 Å². The molecule has 0 radical (unpaired) electrons. The Morgan fingerprint density at radius 2 is 2.09 bits per heavy atom. The first-order valence-corrected chi connectivity index (χ1v) is 6.90. The van der Waals surface area contributed by atoms with Gasteiger partial charge in [-0.25, -0.2) is 0 Å². The van der Waals surface area contributed by atoms with Crippen LogP contribution in [-0.4, -0.2) is 15.9 Å². The topological polar surface area (TPSA) is 64.1 Å². The van der Waals surface area contributed by atoms with Crippen LogP contribution in [0, 0.1) is 0 Å². The van der Waals surface area contributed by atoms with Crippen molar-refractivity contribution in [3.8, 4) is 5.75 Å². The molecule has 0 saturated carbocycles. The second-order valence-electron chi connectivity index (χ2n) is 4.88. The molecule has 1 N–H and O–H groups in total.